The molecule has 0 saturated heterocycles. The molecule has 0 aliphatic rings. The van der Waals surface area contributed by atoms with Crippen LogP contribution in [0.3, 0.4) is 0 Å². The summed E-state index contributed by atoms with van der Waals surface area (Å²) in [4.78, 5) is 3.92. The molecule has 1 heterocycles. The number of amidine groups is 1. The summed E-state index contributed by atoms with van der Waals surface area (Å²) in [6.07, 6.45) is 0. The monoisotopic (exact) mass is 579 g/mol. The van der Waals surface area contributed by atoms with Gasteiger partial charge in [0.25, 0.3) is 0 Å². The van der Waals surface area contributed by atoms with Gasteiger partial charge in [-0.25, -0.2) is 4.42 Å². The first-order chi connectivity index (χ1) is 14.8. The molecule has 0 radical (unpaired) electrons. The Bertz CT molecular complexity index is 991. The standard InChI is InChI=1S/C16H23N3O2.2F6P/c1-17(2)14(18(3)4)13-15(19(5)6)21-16(20-13)12-10-8-7-9-11-12;2*1-7(2,3,4,5)6/h7-11H,1-6H3;;/q+2;2*-1. The molecule has 0 spiro atoms. The SMILES string of the molecule is CN(C)C(c1oc(-c2ccccc2)[o+]c1N(C)C)=[N+](C)C.F[P-](F)(F)(F)(F)F.F[P-](F)(F)(F)(F)F. The van der Waals surface area contributed by atoms with Crippen molar-refractivity contribution in [2.45, 2.75) is 0 Å². The molecule has 35 heavy (non-hydrogen) atoms. The zero-order chi connectivity index (χ0) is 28.4. The van der Waals surface area contributed by atoms with Crippen LogP contribution in [-0.2, 0) is 0 Å². The second-order valence-electron chi connectivity index (χ2n) is 7.42. The van der Waals surface area contributed by atoms with E-state index in [1.807, 2.05) is 87.0 Å². The van der Waals surface area contributed by atoms with Crippen LogP contribution in [0.15, 0.2) is 39.2 Å². The van der Waals surface area contributed by atoms with Crippen LogP contribution in [0.1, 0.15) is 5.76 Å². The molecule has 0 aliphatic heterocycles. The van der Waals surface area contributed by atoms with Gasteiger partial charge in [-0.3, -0.25) is 13.9 Å². The van der Waals surface area contributed by atoms with Gasteiger partial charge in [-0.2, -0.15) is 0 Å². The van der Waals surface area contributed by atoms with E-state index in [2.05, 4.69) is 0 Å². The zero-order valence-corrected chi connectivity index (χ0v) is 20.8. The third kappa shape index (κ3) is 19.7. The van der Waals surface area contributed by atoms with Crippen LogP contribution in [0.25, 0.3) is 11.5 Å². The Morgan fingerprint density at radius 3 is 1.40 bits per heavy atom. The van der Waals surface area contributed by atoms with Crippen molar-refractivity contribution in [2.24, 2.45) is 0 Å². The quantitative estimate of drug-likeness (QED) is 0.0907. The minimum absolute atomic E-state index is 0.510. The minimum atomic E-state index is -10.7. The van der Waals surface area contributed by atoms with Crippen LogP contribution in [0, 0.1) is 0 Å². The van der Waals surface area contributed by atoms with Gasteiger partial charge < -0.3 is 4.90 Å². The van der Waals surface area contributed by atoms with Crippen molar-refractivity contribution in [2.75, 3.05) is 47.2 Å². The number of rotatable bonds is 3. The number of anilines is 1. The third-order valence-corrected chi connectivity index (χ3v) is 3.04. The average Bonchev–Trinajstić information content (AvgIpc) is 2.94. The maximum absolute atomic E-state index is 10.7. The summed E-state index contributed by atoms with van der Waals surface area (Å²) in [6, 6.07) is 9.83. The second kappa shape index (κ2) is 8.68. The maximum atomic E-state index is 9.87. The van der Waals surface area contributed by atoms with Crippen molar-refractivity contribution in [3.63, 3.8) is 0 Å². The summed E-state index contributed by atoms with van der Waals surface area (Å²) < 4.78 is 132. The van der Waals surface area contributed by atoms with E-state index >= 15 is 0 Å². The van der Waals surface area contributed by atoms with Gasteiger partial charge in [-0.05, 0) is 12.1 Å². The number of hydrogen-bond acceptors (Lipinski definition) is 2. The van der Waals surface area contributed by atoms with Gasteiger partial charge in [-0.15, -0.1) is 0 Å². The van der Waals surface area contributed by atoms with Crippen LogP contribution in [0.2, 0.25) is 0 Å². The Morgan fingerprint density at radius 1 is 0.743 bits per heavy atom. The van der Waals surface area contributed by atoms with E-state index in [1.165, 1.54) is 0 Å². The van der Waals surface area contributed by atoms with Crippen molar-refractivity contribution in [3.8, 4) is 11.5 Å². The Kier molecular flexibility index (Phi) is 8.12. The van der Waals surface area contributed by atoms with Crippen molar-refractivity contribution < 1.29 is 63.8 Å². The van der Waals surface area contributed by atoms with Crippen molar-refractivity contribution in [3.05, 3.63) is 36.1 Å². The molecule has 5 nitrogen and oxygen atoms in total. The Morgan fingerprint density at radius 2 is 1.11 bits per heavy atom. The fourth-order valence-corrected chi connectivity index (χ4v) is 2.23. The summed E-state index contributed by atoms with van der Waals surface area (Å²) in [5, 5.41) is 0. The number of hydrogen-bond donors (Lipinski definition) is 0. The Labute approximate surface area is 191 Å². The van der Waals surface area contributed by atoms with E-state index in [-0.39, 0.29) is 0 Å². The molecule has 0 amide bonds. The molecule has 0 atom stereocenters. The molecular formula is C16H23F12N3O2P2. The first kappa shape index (κ1) is 32.7. The van der Waals surface area contributed by atoms with Gasteiger partial charge >= 0.3 is 89.4 Å². The Hall–Kier alpha value is -2.28. The normalized spacial score (nSPS) is 15.5. The van der Waals surface area contributed by atoms with E-state index in [0.29, 0.717) is 17.6 Å². The molecule has 19 heteroatoms. The first-order valence-electron chi connectivity index (χ1n) is 8.86. The van der Waals surface area contributed by atoms with E-state index in [1.54, 1.807) is 0 Å². The van der Waals surface area contributed by atoms with Crippen LogP contribution in [0.5, 0.6) is 0 Å². The number of halogens is 12. The zero-order valence-electron chi connectivity index (χ0n) is 19.0. The average molecular weight is 579 g/mol. The van der Waals surface area contributed by atoms with Crippen LogP contribution < -0.4 is 4.90 Å². The fraction of sp³-hybridized carbons (Fsp3) is 0.375. The molecule has 208 valence electrons. The van der Waals surface area contributed by atoms with Crippen LogP contribution in [-0.4, -0.2) is 57.6 Å². The summed E-state index contributed by atoms with van der Waals surface area (Å²) in [6.45, 7) is 0. The number of benzene rings is 1. The predicted molar refractivity (Wildman–Crippen MR) is 112 cm³/mol. The molecule has 1 aromatic carbocycles. The molecular weight excluding hydrogens is 556 g/mol. The summed E-state index contributed by atoms with van der Waals surface area (Å²) in [5.41, 5.74) is 0.920. The van der Waals surface area contributed by atoms with E-state index in [9.17, 15) is 50.4 Å². The summed E-state index contributed by atoms with van der Waals surface area (Å²) >= 11 is 0. The van der Waals surface area contributed by atoms with Crippen LogP contribution >= 0.6 is 15.6 Å². The van der Waals surface area contributed by atoms with Gasteiger partial charge in [0.1, 0.15) is 5.56 Å². The van der Waals surface area contributed by atoms with Gasteiger partial charge in [-0.1, -0.05) is 18.2 Å². The van der Waals surface area contributed by atoms with E-state index in [4.69, 9.17) is 8.83 Å². The number of nitrogens with zero attached hydrogens (tertiary/aromatic N) is 3. The van der Waals surface area contributed by atoms with Gasteiger partial charge in [0.05, 0.1) is 28.2 Å². The van der Waals surface area contributed by atoms with Gasteiger partial charge in [0.2, 0.25) is 0 Å². The molecule has 0 bridgehead atoms. The molecule has 0 unspecified atom stereocenters. The predicted octanol–water partition coefficient (Wildman–Crippen LogP) is 9.23. The summed E-state index contributed by atoms with van der Waals surface area (Å²) in [5.74, 6) is 2.88. The van der Waals surface area contributed by atoms with Crippen molar-refractivity contribution in [1.29, 1.82) is 0 Å². The molecule has 0 N–H and O–H groups in total. The first-order valence-corrected chi connectivity index (χ1v) is 12.9. The Balaban J connectivity index is 0.000000680. The molecule has 0 aliphatic carbocycles. The fourth-order valence-electron chi connectivity index (χ4n) is 2.23. The van der Waals surface area contributed by atoms with Gasteiger partial charge in [0.15, 0.2) is 0 Å². The summed E-state index contributed by atoms with van der Waals surface area (Å²) in [7, 11) is -9.49. The van der Waals surface area contributed by atoms with E-state index in [0.717, 1.165) is 11.4 Å². The molecule has 0 saturated carbocycles. The molecule has 2 aromatic rings. The van der Waals surface area contributed by atoms with Crippen molar-refractivity contribution in [1.82, 2.24) is 4.90 Å². The van der Waals surface area contributed by atoms with Crippen LogP contribution in [0.4, 0.5) is 56.2 Å². The van der Waals surface area contributed by atoms with E-state index < -0.39 is 15.6 Å². The van der Waals surface area contributed by atoms with Gasteiger partial charge in [0, 0.05) is 14.1 Å². The molecule has 0 fully saturated rings. The third-order valence-electron chi connectivity index (χ3n) is 3.04. The molecule has 1 aromatic heterocycles. The van der Waals surface area contributed by atoms with Crippen molar-refractivity contribution >= 4 is 27.3 Å². The molecule has 2 rings (SSSR count). The second-order valence-corrected chi connectivity index (χ2v) is 11.2. The topological polar surface area (TPSA) is 33.9 Å².